The van der Waals surface area contributed by atoms with E-state index in [1.54, 1.807) is 6.92 Å². The lowest BCUT2D eigenvalue weighted by Crippen LogP contribution is -2.32. The third-order valence-corrected chi connectivity index (χ3v) is 5.48. The van der Waals surface area contributed by atoms with Crippen LogP contribution in [0.1, 0.15) is 41.7 Å². The van der Waals surface area contributed by atoms with E-state index in [9.17, 15) is 4.79 Å². The number of fused-ring (bicyclic) bond motifs is 1. The Morgan fingerprint density at radius 2 is 1.96 bits per heavy atom. The molecule has 0 bridgehead atoms. The maximum absolute atomic E-state index is 12.9. The predicted molar refractivity (Wildman–Crippen MR) is 107 cm³/mol. The molecule has 1 aliphatic rings. The van der Waals surface area contributed by atoms with Crippen molar-refractivity contribution in [3.05, 3.63) is 52.7 Å². The van der Waals surface area contributed by atoms with Gasteiger partial charge in [0.15, 0.2) is 17.2 Å². The second-order valence-corrected chi connectivity index (χ2v) is 7.95. The molecule has 6 nitrogen and oxygen atoms in total. The number of nitrogens with one attached hydrogen (secondary N) is 1. The van der Waals surface area contributed by atoms with Gasteiger partial charge in [-0.05, 0) is 42.0 Å². The molecule has 1 atom stereocenters. The van der Waals surface area contributed by atoms with E-state index in [0.717, 1.165) is 16.2 Å². The fraction of sp³-hybridized carbons (Fsp3) is 0.333. The highest BCUT2D eigenvalue weighted by Crippen LogP contribution is 2.34. The summed E-state index contributed by atoms with van der Waals surface area (Å²) in [5.74, 6) is 2.34. The van der Waals surface area contributed by atoms with Crippen LogP contribution in [0.4, 0.5) is 0 Å². The molecule has 0 saturated heterocycles. The minimum atomic E-state index is -0.252. The molecule has 1 N–H and O–H groups in total. The van der Waals surface area contributed by atoms with Gasteiger partial charge in [-0.25, -0.2) is 4.98 Å². The fourth-order valence-electron chi connectivity index (χ4n) is 3.21. The van der Waals surface area contributed by atoms with Crippen LogP contribution in [0.3, 0.4) is 0 Å². The summed E-state index contributed by atoms with van der Waals surface area (Å²) in [4.78, 5) is 18.3. The number of benzene rings is 1. The van der Waals surface area contributed by atoms with Crippen molar-refractivity contribution in [2.24, 2.45) is 5.92 Å². The van der Waals surface area contributed by atoms with E-state index in [4.69, 9.17) is 13.9 Å². The van der Waals surface area contributed by atoms with Crippen LogP contribution >= 0.6 is 11.3 Å². The van der Waals surface area contributed by atoms with Gasteiger partial charge in [0, 0.05) is 0 Å². The average molecular weight is 398 g/mol. The number of nitrogens with zero attached hydrogens (tertiary/aromatic N) is 1. The maximum atomic E-state index is 12.9. The number of rotatable bonds is 5. The summed E-state index contributed by atoms with van der Waals surface area (Å²) in [5.41, 5.74) is 1.28. The highest BCUT2D eigenvalue weighted by atomic mass is 32.1. The molecule has 0 radical (unpaired) electrons. The number of carbonyl (C=O) groups is 1. The second kappa shape index (κ2) is 7.67. The van der Waals surface area contributed by atoms with Gasteiger partial charge in [-0.2, -0.15) is 0 Å². The highest BCUT2D eigenvalue weighted by Gasteiger charge is 2.25. The van der Waals surface area contributed by atoms with Crippen LogP contribution in [-0.2, 0) is 0 Å². The smallest absolute Gasteiger partial charge is 0.274 e. The van der Waals surface area contributed by atoms with Crippen LogP contribution in [-0.4, -0.2) is 24.1 Å². The third kappa shape index (κ3) is 3.62. The zero-order valence-corrected chi connectivity index (χ0v) is 16.8. The molecule has 2 aromatic heterocycles. The van der Waals surface area contributed by atoms with Crippen molar-refractivity contribution < 1.29 is 18.7 Å². The Kier molecular flexibility index (Phi) is 5.09. The Morgan fingerprint density at radius 3 is 2.68 bits per heavy atom. The van der Waals surface area contributed by atoms with E-state index >= 15 is 0 Å². The lowest BCUT2D eigenvalue weighted by atomic mass is 9.95. The highest BCUT2D eigenvalue weighted by molar-refractivity contribution is 7.13. The standard InChI is InChI=1S/C21H22N2O4S/c1-12(2)18(14-6-7-15-16(11-14)26-9-8-25-15)22-20(24)19-13(3)27-21(23-19)17-5-4-10-28-17/h4-7,10-12,18H,8-9H2,1-3H3,(H,22,24)/t18-/m0/s1. The molecule has 1 aliphatic heterocycles. The lowest BCUT2D eigenvalue weighted by Gasteiger charge is -2.25. The van der Waals surface area contributed by atoms with E-state index in [1.807, 2.05) is 35.7 Å². The van der Waals surface area contributed by atoms with Crippen LogP contribution < -0.4 is 14.8 Å². The first kappa shape index (κ1) is 18.6. The van der Waals surface area contributed by atoms with Crippen molar-refractivity contribution in [1.29, 1.82) is 0 Å². The largest absolute Gasteiger partial charge is 0.486 e. The van der Waals surface area contributed by atoms with Crippen molar-refractivity contribution in [1.82, 2.24) is 10.3 Å². The normalized spacial score (nSPS) is 14.1. The van der Waals surface area contributed by atoms with Crippen molar-refractivity contribution in [2.45, 2.75) is 26.8 Å². The number of aryl methyl sites for hydroxylation is 1. The summed E-state index contributed by atoms with van der Waals surface area (Å²) in [5, 5.41) is 5.05. The summed E-state index contributed by atoms with van der Waals surface area (Å²) in [6.07, 6.45) is 0. The molecular formula is C21H22N2O4S. The quantitative estimate of drug-likeness (QED) is 0.679. The molecule has 1 amide bonds. The van der Waals surface area contributed by atoms with E-state index in [1.165, 1.54) is 11.3 Å². The molecule has 0 unspecified atom stereocenters. The number of ether oxygens (including phenoxy) is 2. The molecule has 28 heavy (non-hydrogen) atoms. The monoisotopic (exact) mass is 398 g/mol. The molecule has 0 spiro atoms. The van der Waals surface area contributed by atoms with Crippen molar-refractivity contribution in [3.8, 4) is 22.3 Å². The summed E-state index contributed by atoms with van der Waals surface area (Å²) in [6, 6.07) is 9.45. The van der Waals surface area contributed by atoms with Crippen LogP contribution in [0.25, 0.3) is 10.8 Å². The first-order chi connectivity index (χ1) is 13.5. The maximum Gasteiger partial charge on any atom is 0.274 e. The van der Waals surface area contributed by atoms with E-state index < -0.39 is 0 Å². The Morgan fingerprint density at radius 1 is 1.18 bits per heavy atom. The molecule has 146 valence electrons. The summed E-state index contributed by atoms with van der Waals surface area (Å²) in [6.45, 7) is 6.96. The second-order valence-electron chi connectivity index (χ2n) is 7.00. The average Bonchev–Trinajstić information content (AvgIpc) is 3.35. The Balaban J connectivity index is 1.58. The van der Waals surface area contributed by atoms with Gasteiger partial charge in [-0.1, -0.05) is 26.0 Å². The minimum absolute atomic E-state index is 0.176. The number of thiophene rings is 1. The number of carbonyl (C=O) groups excluding carboxylic acids is 1. The fourth-order valence-corrected chi connectivity index (χ4v) is 3.86. The Labute approximate surface area is 167 Å². The van der Waals surface area contributed by atoms with E-state index in [2.05, 4.69) is 24.1 Å². The van der Waals surface area contributed by atoms with Gasteiger partial charge in [0.25, 0.3) is 5.91 Å². The zero-order chi connectivity index (χ0) is 19.7. The number of amides is 1. The molecule has 3 heterocycles. The van der Waals surface area contributed by atoms with Gasteiger partial charge < -0.3 is 19.2 Å². The molecule has 7 heteroatoms. The van der Waals surface area contributed by atoms with Crippen molar-refractivity contribution >= 4 is 17.2 Å². The predicted octanol–water partition coefficient (Wildman–Crippen LogP) is 4.61. The molecular weight excluding hydrogens is 376 g/mol. The number of hydrogen-bond acceptors (Lipinski definition) is 6. The molecule has 0 fully saturated rings. The molecule has 4 rings (SSSR count). The third-order valence-electron chi connectivity index (χ3n) is 4.62. The van der Waals surface area contributed by atoms with E-state index in [0.29, 0.717) is 36.3 Å². The van der Waals surface area contributed by atoms with Gasteiger partial charge in [-0.15, -0.1) is 11.3 Å². The molecule has 1 aromatic carbocycles. The van der Waals surface area contributed by atoms with Crippen LogP contribution in [0.15, 0.2) is 40.1 Å². The first-order valence-electron chi connectivity index (χ1n) is 9.24. The zero-order valence-electron chi connectivity index (χ0n) is 16.0. The van der Waals surface area contributed by atoms with E-state index in [-0.39, 0.29) is 17.9 Å². The van der Waals surface area contributed by atoms with Crippen molar-refractivity contribution in [2.75, 3.05) is 13.2 Å². The van der Waals surface area contributed by atoms with Crippen LogP contribution in [0.2, 0.25) is 0 Å². The summed E-state index contributed by atoms with van der Waals surface area (Å²) >= 11 is 1.52. The molecule has 0 saturated carbocycles. The lowest BCUT2D eigenvalue weighted by molar-refractivity contribution is 0.0919. The SMILES string of the molecule is Cc1oc(-c2cccs2)nc1C(=O)N[C@H](c1ccc2c(c1)OCCO2)C(C)C. The van der Waals surface area contributed by atoms with Gasteiger partial charge in [-0.3, -0.25) is 4.79 Å². The topological polar surface area (TPSA) is 73.6 Å². The van der Waals surface area contributed by atoms with Gasteiger partial charge in [0.05, 0.1) is 10.9 Å². The number of hydrogen-bond donors (Lipinski definition) is 1. The number of aromatic nitrogens is 1. The van der Waals surface area contributed by atoms with Crippen LogP contribution in [0, 0.1) is 12.8 Å². The first-order valence-corrected chi connectivity index (χ1v) is 10.1. The molecule has 0 aliphatic carbocycles. The molecule has 3 aromatic rings. The minimum Gasteiger partial charge on any atom is -0.486 e. The summed E-state index contributed by atoms with van der Waals surface area (Å²) < 4.78 is 17.0. The Bertz CT molecular complexity index is 978. The number of oxazole rings is 1. The van der Waals surface area contributed by atoms with Crippen molar-refractivity contribution in [3.63, 3.8) is 0 Å². The Hall–Kier alpha value is -2.80. The van der Waals surface area contributed by atoms with Gasteiger partial charge in [0.2, 0.25) is 5.89 Å². The summed E-state index contributed by atoms with van der Waals surface area (Å²) in [7, 11) is 0. The van der Waals surface area contributed by atoms with Gasteiger partial charge >= 0.3 is 0 Å². The van der Waals surface area contributed by atoms with Gasteiger partial charge in [0.1, 0.15) is 19.0 Å². The van der Waals surface area contributed by atoms with Crippen LogP contribution in [0.5, 0.6) is 11.5 Å².